The van der Waals surface area contributed by atoms with Crippen molar-refractivity contribution in [3.63, 3.8) is 0 Å². The van der Waals surface area contributed by atoms with Crippen molar-refractivity contribution in [2.45, 2.75) is 24.9 Å². The van der Waals surface area contributed by atoms with Crippen LogP contribution in [0.1, 0.15) is 35.3 Å². The van der Waals surface area contributed by atoms with Gasteiger partial charge in [-0.15, -0.1) is 11.3 Å². The van der Waals surface area contributed by atoms with Gasteiger partial charge in [-0.3, -0.25) is 4.79 Å². The fourth-order valence-corrected chi connectivity index (χ4v) is 3.79. The summed E-state index contributed by atoms with van der Waals surface area (Å²) in [7, 11) is 0. The van der Waals surface area contributed by atoms with Gasteiger partial charge in [-0.25, -0.2) is 0 Å². The standard InChI is InChI=1S/C22H23NO2S/c1-22(25,20-13-8-14-26-20)16-23-21(24)15-19(17-9-4-2-5-10-17)18-11-6-3-7-12-18/h2-14,19,25H,15-16H2,1H3,(H,23,24). The molecule has 1 heterocycles. The number of nitrogens with one attached hydrogen (secondary N) is 1. The average molecular weight is 365 g/mol. The predicted molar refractivity (Wildman–Crippen MR) is 106 cm³/mol. The van der Waals surface area contributed by atoms with Gasteiger partial charge in [0.2, 0.25) is 5.91 Å². The third-order valence-corrected chi connectivity index (χ3v) is 5.60. The quantitative estimate of drug-likeness (QED) is 0.656. The normalized spacial score (nSPS) is 13.3. The van der Waals surface area contributed by atoms with E-state index < -0.39 is 5.60 Å². The van der Waals surface area contributed by atoms with Crippen molar-refractivity contribution in [1.82, 2.24) is 5.32 Å². The first kappa shape index (κ1) is 18.4. The number of amides is 1. The maximum absolute atomic E-state index is 12.6. The lowest BCUT2D eigenvalue weighted by atomic mass is 9.88. The SMILES string of the molecule is CC(O)(CNC(=O)CC(c1ccccc1)c1ccccc1)c1cccs1. The van der Waals surface area contributed by atoms with Crippen LogP contribution in [0.4, 0.5) is 0 Å². The smallest absolute Gasteiger partial charge is 0.221 e. The minimum atomic E-state index is -1.06. The summed E-state index contributed by atoms with van der Waals surface area (Å²) in [6.45, 7) is 1.92. The molecule has 4 heteroatoms. The van der Waals surface area contributed by atoms with Gasteiger partial charge >= 0.3 is 0 Å². The minimum Gasteiger partial charge on any atom is -0.383 e. The zero-order valence-electron chi connectivity index (χ0n) is 14.8. The summed E-state index contributed by atoms with van der Waals surface area (Å²) in [5.74, 6) is -0.0800. The van der Waals surface area contributed by atoms with Crippen molar-refractivity contribution in [3.8, 4) is 0 Å². The highest BCUT2D eigenvalue weighted by Gasteiger charge is 2.26. The van der Waals surface area contributed by atoms with E-state index >= 15 is 0 Å². The van der Waals surface area contributed by atoms with Crippen LogP contribution in [-0.4, -0.2) is 17.6 Å². The summed E-state index contributed by atoms with van der Waals surface area (Å²) >= 11 is 1.49. The number of benzene rings is 2. The van der Waals surface area contributed by atoms with Crippen LogP contribution in [0, 0.1) is 0 Å². The lowest BCUT2D eigenvalue weighted by Gasteiger charge is -2.23. The Hall–Kier alpha value is -2.43. The molecule has 134 valence electrons. The minimum absolute atomic E-state index is 0.0101. The largest absolute Gasteiger partial charge is 0.383 e. The van der Waals surface area contributed by atoms with Gasteiger partial charge < -0.3 is 10.4 Å². The van der Waals surface area contributed by atoms with Crippen molar-refractivity contribution in [2.75, 3.05) is 6.54 Å². The van der Waals surface area contributed by atoms with E-state index in [1.807, 2.05) is 78.2 Å². The molecule has 1 amide bonds. The van der Waals surface area contributed by atoms with Crippen LogP contribution in [0.25, 0.3) is 0 Å². The Labute approximate surface area is 158 Å². The van der Waals surface area contributed by atoms with E-state index in [2.05, 4.69) is 5.32 Å². The van der Waals surface area contributed by atoms with Crippen LogP contribution in [0.2, 0.25) is 0 Å². The van der Waals surface area contributed by atoms with Crippen molar-refractivity contribution in [2.24, 2.45) is 0 Å². The molecule has 1 atom stereocenters. The van der Waals surface area contributed by atoms with E-state index in [1.54, 1.807) is 6.92 Å². The van der Waals surface area contributed by atoms with E-state index in [9.17, 15) is 9.90 Å². The molecule has 2 N–H and O–H groups in total. The summed E-state index contributed by atoms with van der Waals surface area (Å²) in [6.07, 6.45) is 0.342. The molecule has 0 aliphatic rings. The van der Waals surface area contributed by atoms with Gasteiger partial charge in [0.05, 0.1) is 6.54 Å². The summed E-state index contributed by atoms with van der Waals surface area (Å²) in [5.41, 5.74) is 1.16. The lowest BCUT2D eigenvalue weighted by Crippen LogP contribution is -2.38. The van der Waals surface area contributed by atoms with Crippen LogP contribution in [0.15, 0.2) is 78.2 Å². The third kappa shape index (κ3) is 4.59. The van der Waals surface area contributed by atoms with Crippen molar-refractivity contribution in [3.05, 3.63) is 94.2 Å². The highest BCUT2D eigenvalue weighted by molar-refractivity contribution is 7.10. The Morgan fingerprint density at radius 1 is 1.00 bits per heavy atom. The van der Waals surface area contributed by atoms with Gasteiger partial charge in [0.25, 0.3) is 0 Å². The molecule has 0 spiro atoms. The molecule has 1 aromatic heterocycles. The Balaban J connectivity index is 1.70. The first-order valence-corrected chi connectivity index (χ1v) is 9.57. The Morgan fingerprint density at radius 3 is 2.08 bits per heavy atom. The van der Waals surface area contributed by atoms with Crippen LogP contribution in [-0.2, 0) is 10.4 Å². The maximum Gasteiger partial charge on any atom is 0.221 e. The van der Waals surface area contributed by atoms with E-state index in [0.29, 0.717) is 6.42 Å². The van der Waals surface area contributed by atoms with Crippen LogP contribution in [0.3, 0.4) is 0 Å². The number of thiophene rings is 1. The zero-order chi connectivity index (χ0) is 18.4. The molecule has 1 unspecified atom stereocenters. The van der Waals surface area contributed by atoms with Gasteiger partial charge in [0.1, 0.15) is 5.60 Å². The van der Waals surface area contributed by atoms with Gasteiger partial charge in [0, 0.05) is 17.2 Å². The van der Waals surface area contributed by atoms with Crippen LogP contribution < -0.4 is 5.32 Å². The molecule has 0 fully saturated rings. The monoisotopic (exact) mass is 365 g/mol. The topological polar surface area (TPSA) is 49.3 Å². The number of carbonyl (C=O) groups excluding carboxylic acids is 1. The van der Waals surface area contributed by atoms with Crippen molar-refractivity contribution < 1.29 is 9.90 Å². The molecule has 0 saturated carbocycles. The van der Waals surface area contributed by atoms with Crippen molar-refractivity contribution >= 4 is 17.2 Å². The second kappa shape index (κ2) is 8.30. The molecular formula is C22H23NO2S. The second-order valence-corrected chi connectivity index (χ2v) is 7.55. The number of aliphatic hydroxyl groups is 1. The molecule has 3 rings (SSSR count). The number of hydrogen-bond acceptors (Lipinski definition) is 3. The van der Waals surface area contributed by atoms with E-state index in [0.717, 1.165) is 16.0 Å². The van der Waals surface area contributed by atoms with E-state index in [4.69, 9.17) is 0 Å². The summed E-state index contributed by atoms with van der Waals surface area (Å²) in [6, 6.07) is 23.9. The van der Waals surface area contributed by atoms with Gasteiger partial charge in [-0.2, -0.15) is 0 Å². The highest BCUT2D eigenvalue weighted by Crippen LogP contribution is 2.28. The number of carbonyl (C=O) groups is 1. The Morgan fingerprint density at radius 2 is 1.58 bits per heavy atom. The highest BCUT2D eigenvalue weighted by atomic mass is 32.1. The number of rotatable bonds is 7. The molecule has 2 aromatic carbocycles. The average Bonchev–Trinajstić information content (AvgIpc) is 3.22. The molecule has 3 aromatic rings. The molecular weight excluding hydrogens is 342 g/mol. The third-order valence-electron chi connectivity index (χ3n) is 4.48. The lowest BCUT2D eigenvalue weighted by molar-refractivity contribution is -0.122. The van der Waals surface area contributed by atoms with Gasteiger partial charge in [-0.1, -0.05) is 66.7 Å². The first-order valence-electron chi connectivity index (χ1n) is 8.69. The molecule has 0 saturated heterocycles. The molecule has 26 heavy (non-hydrogen) atoms. The van der Waals surface area contributed by atoms with E-state index in [1.165, 1.54) is 11.3 Å². The Bertz CT molecular complexity index is 774. The first-order chi connectivity index (χ1) is 12.6. The summed E-state index contributed by atoms with van der Waals surface area (Å²) < 4.78 is 0. The molecule has 0 bridgehead atoms. The molecule has 0 aliphatic carbocycles. The molecule has 0 radical (unpaired) electrons. The van der Waals surface area contributed by atoms with Crippen molar-refractivity contribution in [1.29, 1.82) is 0 Å². The summed E-state index contributed by atoms with van der Waals surface area (Å²) in [4.78, 5) is 13.4. The number of hydrogen-bond donors (Lipinski definition) is 2. The van der Waals surface area contributed by atoms with Crippen LogP contribution in [0.5, 0.6) is 0 Å². The fraction of sp³-hybridized carbons (Fsp3) is 0.227. The summed E-state index contributed by atoms with van der Waals surface area (Å²) in [5, 5.41) is 15.4. The molecule has 3 nitrogen and oxygen atoms in total. The van der Waals surface area contributed by atoms with E-state index in [-0.39, 0.29) is 18.4 Å². The zero-order valence-corrected chi connectivity index (χ0v) is 15.6. The maximum atomic E-state index is 12.6. The van der Waals surface area contributed by atoms with Gasteiger partial charge in [0.15, 0.2) is 0 Å². The molecule has 0 aliphatic heterocycles. The second-order valence-electron chi connectivity index (χ2n) is 6.61. The van der Waals surface area contributed by atoms with Crippen LogP contribution >= 0.6 is 11.3 Å². The fourth-order valence-electron chi connectivity index (χ4n) is 3.00. The predicted octanol–water partition coefficient (Wildman–Crippen LogP) is 4.29. The van der Waals surface area contributed by atoms with Gasteiger partial charge in [-0.05, 0) is 29.5 Å². The Kier molecular flexibility index (Phi) is 5.86.